The maximum absolute atomic E-state index is 13.9. The lowest BCUT2D eigenvalue weighted by Crippen LogP contribution is -2.43. The van der Waals surface area contributed by atoms with E-state index >= 15 is 0 Å². The van der Waals surface area contributed by atoms with Gasteiger partial charge in [-0.25, -0.2) is 9.37 Å². The van der Waals surface area contributed by atoms with Crippen molar-refractivity contribution in [2.45, 2.75) is 40.0 Å². The van der Waals surface area contributed by atoms with Gasteiger partial charge in [-0.05, 0) is 69.0 Å². The summed E-state index contributed by atoms with van der Waals surface area (Å²) in [6.07, 6.45) is 3.61. The normalized spacial score (nSPS) is 16.4. The van der Waals surface area contributed by atoms with Gasteiger partial charge in [0.05, 0.1) is 30.3 Å². The molecular formula is C25H28FN3O3. The van der Waals surface area contributed by atoms with Crippen molar-refractivity contribution in [1.82, 2.24) is 14.3 Å². The second-order valence-electron chi connectivity index (χ2n) is 8.41. The lowest BCUT2D eigenvalue weighted by molar-refractivity contribution is -0.151. The molecule has 0 aliphatic carbocycles. The topological polar surface area (TPSA) is 63.9 Å². The molecule has 1 unspecified atom stereocenters. The number of esters is 1. The maximum atomic E-state index is 13.9. The van der Waals surface area contributed by atoms with E-state index in [9.17, 15) is 14.0 Å². The van der Waals surface area contributed by atoms with E-state index in [0.717, 1.165) is 35.3 Å². The second-order valence-corrected chi connectivity index (χ2v) is 8.41. The van der Waals surface area contributed by atoms with Gasteiger partial charge in [0, 0.05) is 24.8 Å². The molecule has 1 atom stereocenters. The van der Waals surface area contributed by atoms with E-state index in [4.69, 9.17) is 9.72 Å². The highest BCUT2D eigenvalue weighted by Gasteiger charge is 2.30. The first-order valence-corrected chi connectivity index (χ1v) is 11.1. The number of likely N-dealkylation sites (tertiary alicyclic amines) is 1. The van der Waals surface area contributed by atoms with E-state index in [1.807, 2.05) is 29.7 Å². The van der Waals surface area contributed by atoms with Crippen LogP contribution in [-0.4, -0.2) is 45.9 Å². The Bertz CT molecular complexity index is 1170. The van der Waals surface area contributed by atoms with E-state index in [1.165, 1.54) is 6.07 Å². The smallest absolute Gasteiger partial charge is 0.310 e. The van der Waals surface area contributed by atoms with Crippen molar-refractivity contribution < 1.29 is 18.7 Å². The van der Waals surface area contributed by atoms with Crippen LogP contribution < -0.4 is 0 Å². The zero-order chi connectivity index (χ0) is 22.8. The number of carbonyl (C=O) groups excluding carboxylic acids is 2. The molecule has 0 radical (unpaired) electrons. The first kappa shape index (κ1) is 22.0. The molecule has 3 aromatic rings. The van der Waals surface area contributed by atoms with Crippen LogP contribution in [0.4, 0.5) is 4.39 Å². The van der Waals surface area contributed by atoms with E-state index < -0.39 is 0 Å². The number of pyridine rings is 1. The van der Waals surface area contributed by atoms with Gasteiger partial charge < -0.3 is 14.0 Å². The zero-order valence-electron chi connectivity index (χ0n) is 18.7. The minimum absolute atomic E-state index is 0.0533. The van der Waals surface area contributed by atoms with Crippen LogP contribution in [0.2, 0.25) is 0 Å². The van der Waals surface area contributed by atoms with Gasteiger partial charge >= 0.3 is 5.97 Å². The van der Waals surface area contributed by atoms with Crippen molar-refractivity contribution in [3.63, 3.8) is 0 Å². The van der Waals surface area contributed by atoms with Crippen LogP contribution in [0.25, 0.3) is 16.9 Å². The lowest BCUT2D eigenvalue weighted by atomic mass is 9.97. The van der Waals surface area contributed by atoms with Crippen molar-refractivity contribution in [2.24, 2.45) is 5.92 Å². The molecule has 7 heteroatoms. The number of imidazole rings is 1. The number of rotatable bonds is 5. The highest BCUT2D eigenvalue weighted by atomic mass is 19.1. The predicted molar refractivity (Wildman–Crippen MR) is 120 cm³/mol. The van der Waals surface area contributed by atoms with Crippen LogP contribution in [0.3, 0.4) is 0 Å². The Labute approximate surface area is 187 Å². The molecular weight excluding hydrogens is 409 g/mol. The van der Waals surface area contributed by atoms with Crippen molar-refractivity contribution in [3.8, 4) is 11.3 Å². The summed E-state index contributed by atoms with van der Waals surface area (Å²) in [6.45, 7) is 6.82. The van der Waals surface area contributed by atoms with Crippen LogP contribution in [0.1, 0.15) is 36.6 Å². The largest absolute Gasteiger partial charge is 0.466 e. The van der Waals surface area contributed by atoms with Gasteiger partial charge in [-0.3, -0.25) is 9.59 Å². The first-order chi connectivity index (χ1) is 15.4. The van der Waals surface area contributed by atoms with Gasteiger partial charge in [-0.1, -0.05) is 6.07 Å². The number of fused-ring (bicyclic) bond motifs is 1. The van der Waals surface area contributed by atoms with E-state index in [0.29, 0.717) is 31.0 Å². The Hall–Kier alpha value is -3.22. The molecule has 3 heterocycles. The average Bonchev–Trinajstić information content (AvgIpc) is 3.13. The Kier molecular flexibility index (Phi) is 6.26. The third kappa shape index (κ3) is 4.38. The van der Waals surface area contributed by atoms with Gasteiger partial charge in [0.25, 0.3) is 0 Å². The summed E-state index contributed by atoms with van der Waals surface area (Å²) in [4.78, 5) is 32.0. The maximum Gasteiger partial charge on any atom is 0.310 e. The number of hydrogen-bond donors (Lipinski definition) is 0. The molecule has 6 nitrogen and oxygen atoms in total. The van der Waals surface area contributed by atoms with E-state index in [1.54, 1.807) is 30.9 Å². The minimum atomic E-state index is -0.281. The van der Waals surface area contributed by atoms with Crippen molar-refractivity contribution >= 4 is 17.5 Å². The number of aryl methyl sites for hydroxylation is 2. The number of nitrogens with zero attached hydrogens (tertiary/aromatic N) is 3. The minimum Gasteiger partial charge on any atom is -0.466 e. The van der Waals surface area contributed by atoms with E-state index in [2.05, 4.69) is 0 Å². The number of piperidine rings is 1. The fraction of sp³-hybridized carbons (Fsp3) is 0.400. The van der Waals surface area contributed by atoms with E-state index in [-0.39, 0.29) is 30.0 Å². The molecule has 168 valence electrons. The average molecular weight is 438 g/mol. The monoisotopic (exact) mass is 437 g/mol. The second kappa shape index (κ2) is 9.10. The summed E-state index contributed by atoms with van der Waals surface area (Å²) in [5.41, 5.74) is 4.52. The summed E-state index contributed by atoms with van der Waals surface area (Å²) in [6, 6.07) is 8.78. The molecule has 1 amide bonds. The van der Waals surface area contributed by atoms with Gasteiger partial charge in [0.1, 0.15) is 11.5 Å². The summed E-state index contributed by atoms with van der Waals surface area (Å²) >= 11 is 0. The highest BCUT2D eigenvalue weighted by Crippen LogP contribution is 2.28. The number of halogens is 1. The van der Waals surface area contributed by atoms with Crippen molar-refractivity contribution in [1.29, 1.82) is 0 Å². The summed E-state index contributed by atoms with van der Waals surface area (Å²) in [5.74, 6) is -0.846. The number of aromatic nitrogens is 2. The highest BCUT2D eigenvalue weighted by molar-refractivity contribution is 5.83. The zero-order valence-corrected chi connectivity index (χ0v) is 18.7. The van der Waals surface area contributed by atoms with Crippen LogP contribution in [0, 0.1) is 25.6 Å². The summed E-state index contributed by atoms with van der Waals surface area (Å²) in [7, 11) is 0. The number of amides is 1. The molecule has 4 rings (SSSR count). The number of benzene rings is 1. The van der Waals surface area contributed by atoms with Crippen LogP contribution in [0.5, 0.6) is 0 Å². The Balaban J connectivity index is 1.67. The Morgan fingerprint density at radius 1 is 1.22 bits per heavy atom. The molecule has 1 aliphatic heterocycles. The van der Waals surface area contributed by atoms with Gasteiger partial charge in [0.15, 0.2) is 0 Å². The van der Waals surface area contributed by atoms with Gasteiger partial charge in [-0.2, -0.15) is 0 Å². The van der Waals surface area contributed by atoms with Crippen LogP contribution in [-0.2, 0) is 20.7 Å². The molecule has 0 bridgehead atoms. The molecule has 1 aromatic carbocycles. The number of carbonyl (C=O) groups is 2. The molecule has 1 aliphatic rings. The quantitative estimate of drug-likeness (QED) is 0.564. The third-order valence-corrected chi connectivity index (χ3v) is 6.01. The molecule has 1 fully saturated rings. The van der Waals surface area contributed by atoms with Crippen LogP contribution in [0.15, 0.2) is 36.5 Å². The lowest BCUT2D eigenvalue weighted by Gasteiger charge is -2.31. The number of ether oxygens (including phenoxy) is 1. The molecule has 1 saturated heterocycles. The summed E-state index contributed by atoms with van der Waals surface area (Å²) in [5, 5.41) is 0. The SMILES string of the molecule is CCOC(=O)C1CCCN(C(=O)Cc2c(-c3ccc(F)c(C)c3)nc3ccc(C)cn23)C1. The van der Waals surface area contributed by atoms with Gasteiger partial charge in [0.2, 0.25) is 5.91 Å². The fourth-order valence-electron chi connectivity index (χ4n) is 4.30. The summed E-state index contributed by atoms with van der Waals surface area (Å²) < 4.78 is 21.0. The van der Waals surface area contributed by atoms with Crippen LogP contribution >= 0.6 is 0 Å². The predicted octanol–water partition coefficient (Wildman–Crippen LogP) is 4.10. The molecule has 32 heavy (non-hydrogen) atoms. The molecule has 0 spiro atoms. The first-order valence-electron chi connectivity index (χ1n) is 11.1. The molecule has 0 N–H and O–H groups in total. The Morgan fingerprint density at radius 3 is 2.78 bits per heavy atom. The third-order valence-electron chi connectivity index (χ3n) is 6.01. The Morgan fingerprint density at radius 2 is 2.03 bits per heavy atom. The van der Waals surface area contributed by atoms with Crippen molar-refractivity contribution in [3.05, 3.63) is 59.2 Å². The molecule has 0 saturated carbocycles. The fourth-order valence-corrected chi connectivity index (χ4v) is 4.30. The number of hydrogen-bond acceptors (Lipinski definition) is 4. The van der Waals surface area contributed by atoms with Crippen molar-refractivity contribution in [2.75, 3.05) is 19.7 Å². The molecule has 2 aromatic heterocycles. The van der Waals surface area contributed by atoms with Gasteiger partial charge in [-0.15, -0.1) is 0 Å². The standard InChI is InChI=1S/C25H28FN3O3/c1-4-32-25(31)19-6-5-11-28(15-19)23(30)13-21-24(18-8-9-20(26)17(3)12-18)27-22-10-7-16(2)14-29(21)22/h7-10,12,14,19H,4-6,11,13,15H2,1-3H3.